The first-order valence-corrected chi connectivity index (χ1v) is 12.9. The van der Waals surface area contributed by atoms with Crippen LogP contribution in [0.1, 0.15) is 5.56 Å². The molecule has 0 radical (unpaired) electrons. The Bertz CT molecular complexity index is 1540. The second-order valence-corrected chi connectivity index (χ2v) is 9.17. The van der Waals surface area contributed by atoms with Crippen molar-refractivity contribution >= 4 is 63.8 Å². The van der Waals surface area contributed by atoms with Crippen LogP contribution in [0.15, 0.2) is 85.7 Å². The molecule has 41 heavy (non-hydrogen) atoms. The predicted molar refractivity (Wildman–Crippen MR) is 162 cm³/mol. The number of hydrogen-bond donors (Lipinski definition) is 3. The molecule has 4 aromatic rings. The minimum atomic E-state index is -0.573. The first-order valence-electron chi connectivity index (χ1n) is 12.2. The van der Waals surface area contributed by atoms with Gasteiger partial charge in [-0.15, -0.1) is 0 Å². The van der Waals surface area contributed by atoms with Crippen LogP contribution < -0.4 is 30.3 Å². The van der Waals surface area contributed by atoms with Gasteiger partial charge in [0.1, 0.15) is 39.5 Å². The number of methoxy groups -OCH3 is 2. The predicted octanol–water partition coefficient (Wildman–Crippen LogP) is 6.91. The van der Waals surface area contributed by atoms with Gasteiger partial charge in [0.25, 0.3) is 0 Å². The summed E-state index contributed by atoms with van der Waals surface area (Å²) in [5.41, 5.74) is 2.06. The van der Waals surface area contributed by atoms with Gasteiger partial charge >= 0.3 is 6.03 Å². The highest BCUT2D eigenvalue weighted by Gasteiger charge is 2.24. The highest BCUT2D eigenvalue weighted by Crippen LogP contribution is 2.44. The number of nitrogens with one attached hydrogen (secondary N) is 3. The lowest BCUT2D eigenvalue weighted by atomic mass is 10.2. The van der Waals surface area contributed by atoms with E-state index in [1.165, 1.54) is 37.6 Å². The van der Waals surface area contributed by atoms with E-state index in [1.54, 1.807) is 30.3 Å². The molecule has 0 aliphatic heterocycles. The first-order chi connectivity index (χ1) is 19.8. The van der Waals surface area contributed by atoms with Crippen LogP contribution in [0.25, 0.3) is 0 Å². The number of para-hydroxylation sites is 2. The highest BCUT2D eigenvalue weighted by molar-refractivity contribution is 6.41. The number of ether oxygens (including phenoxy) is 2. The molecular formula is C29H26Cl2N6O4. The molecule has 0 saturated carbocycles. The molecule has 0 aliphatic carbocycles. The molecule has 0 unspecified atom stereocenters. The number of carbonyl (C=O) groups is 2. The lowest BCUT2D eigenvalue weighted by Gasteiger charge is -2.24. The van der Waals surface area contributed by atoms with E-state index in [-0.39, 0.29) is 45.5 Å². The normalized spacial score (nSPS) is 10.3. The van der Waals surface area contributed by atoms with Gasteiger partial charge in [0.15, 0.2) is 0 Å². The van der Waals surface area contributed by atoms with E-state index in [2.05, 4.69) is 32.5 Å². The Morgan fingerprint density at radius 3 is 2.17 bits per heavy atom. The molecule has 1 heterocycles. The SMILES string of the molecule is C=CC(=O)Nc1ccccc1Nc1cc(N(Cc2ccccc2)C(=O)Nc2c(Cl)c(OC)cc(OC)c2Cl)ncn1. The van der Waals surface area contributed by atoms with Crippen molar-refractivity contribution in [3.63, 3.8) is 0 Å². The zero-order chi connectivity index (χ0) is 29.4. The zero-order valence-corrected chi connectivity index (χ0v) is 23.7. The number of hydrogen-bond acceptors (Lipinski definition) is 7. The lowest BCUT2D eigenvalue weighted by molar-refractivity contribution is -0.111. The van der Waals surface area contributed by atoms with Gasteiger partial charge in [-0.1, -0.05) is 72.2 Å². The Morgan fingerprint density at radius 2 is 1.54 bits per heavy atom. The monoisotopic (exact) mass is 592 g/mol. The van der Waals surface area contributed by atoms with Gasteiger partial charge in [-0.2, -0.15) is 0 Å². The van der Waals surface area contributed by atoms with E-state index >= 15 is 0 Å². The van der Waals surface area contributed by atoms with E-state index in [9.17, 15) is 9.59 Å². The van der Waals surface area contributed by atoms with E-state index in [0.717, 1.165) is 5.56 Å². The van der Waals surface area contributed by atoms with Crippen molar-refractivity contribution in [2.24, 2.45) is 0 Å². The molecule has 0 bridgehead atoms. The number of amides is 3. The van der Waals surface area contributed by atoms with Crippen molar-refractivity contribution in [1.82, 2.24) is 9.97 Å². The molecule has 0 atom stereocenters. The van der Waals surface area contributed by atoms with Crippen molar-refractivity contribution in [1.29, 1.82) is 0 Å². The minimum absolute atomic E-state index is 0.106. The summed E-state index contributed by atoms with van der Waals surface area (Å²) in [6.45, 7) is 3.64. The smallest absolute Gasteiger partial charge is 0.327 e. The number of anilines is 5. The quantitative estimate of drug-likeness (QED) is 0.171. The molecule has 0 fully saturated rings. The summed E-state index contributed by atoms with van der Waals surface area (Å²) in [5, 5.41) is 8.90. The van der Waals surface area contributed by atoms with Crippen LogP contribution in [0.4, 0.5) is 33.5 Å². The standard InChI is InChI=1S/C29H26Cl2N6O4/c1-4-25(38)35-20-13-9-8-12-19(20)34-23-15-24(33-17-32-23)37(16-18-10-6-5-7-11-18)29(39)36-28-26(30)21(40-2)14-22(41-3)27(28)31/h4-15,17H,1,16H2,2-3H3,(H,35,38)(H,36,39)(H,32,33,34). The lowest BCUT2D eigenvalue weighted by Crippen LogP contribution is -2.35. The third-order valence-electron chi connectivity index (χ3n) is 5.80. The molecule has 3 N–H and O–H groups in total. The van der Waals surface area contributed by atoms with Gasteiger partial charge in [0.2, 0.25) is 5.91 Å². The summed E-state index contributed by atoms with van der Waals surface area (Å²) in [6.07, 6.45) is 2.50. The third-order valence-corrected chi connectivity index (χ3v) is 6.55. The first kappa shape index (κ1) is 29.2. The molecule has 3 aromatic carbocycles. The maximum absolute atomic E-state index is 13.8. The molecule has 3 amide bonds. The van der Waals surface area contributed by atoms with Crippen LogP contribution in [-0.4, -0.2) is 36.1 Å². The number of urea groups is 1. The summed E-state index contributed by atoms with van der Waals surface area (Å²) in [4.78, 5) is 35.7. The molecule has 0 aliphatic rings. The topological polar surface area (TPSA) is 118 Å². The minimum Gasteiger partial charge on any atom is -0.495 e. The van der Waals surface area contributed by atoms with Crippen molar-refractivity contribution < 1.29 is 19.1 Å². The van der Waals surface area contributed by atoms with Crippen LogP contribution >= 0.6 is 23.2 Å². The highest BCUT2D eigenvalue weighted by atomic mass is 35.5. The number of rotatable bonds is 10. The summed E-state index contributed by atoms with van der Waals surface area (Å²) >= 11 is 13.0. The fourth-order valence-corrected chi connectivity index (χ4v) is 4.37. The van der Waals surface area contributed by atoms with E-state index in [1.807, 2.05) is 30.3 Å². The second kappa shape index (κ2) is 13.5. The zero-order valence-electron chi connectivity index (χ0n) is 22.2. The van der Waals surface area contributed by atoms with Crippen molar-refractivity contribution in [3.8, 4) is 11.5 Å². The second-order valence-electron chi connectivity index (χ2n) is 8.41. The van der Waals surface area contributed by atoms with Crippen molar-refractivity contribution in [2.75, 3.05) is 35.1 Å². The summed E-state index contributed by atoms with van der Waals surface area (Å²) in [5.74, 6) is 0.834. The number of aromatic nitrogens is 2. The number of carbonyl (C=O) groups excluding carboxylic acids is 2. The molecule has 1 aromatic heterocycles. The van der Waals surface area contributed by atoms with Crippen molar-refractivity contribution in [2.45, 2.75) is 6.54 Å². The Labute approximate surface area is 246 Å². The average Bonchev–Trinajstić information content (AvgIpc) is 2.99. The average molecular weight is 593 g/mol. The van der Waals surface area contributed by atoms with Crippen LogP contribution in [0.3, 0.4) is 0 Å². The maximum Gasteiger partial charge on any atom is 0.327 e. The Balaban J connectivity index is 1.69. The van der Waals surface area contributed by atoms with E-state index in [0.29, 0.717) is 17.2 Å². The largest absolute Gasteiger partial charge is 0.495 e. The van der Waals surface area contributed by atoms with Crippen LogP contribution in [0, 0.1) is 0 Å². The third kappa shape index (κ3) is 7.05. The van der Waals surface area contributed by atoms with Gasteiger partial charge in [0, 0.05) is 12.1 Å². The molecule has 12 heteroatoms. The molecule has 0 spiro atoms. The van der Waals surface area contributed by atoms with E-state index in [4.69, 9.17) is 32.7 Å². The van der Waals surface area contributed by atoms with Crippen LogP contribution in [0.2, 0.25) is 10.0 Å². The Morgan fingerprint density at radius 1 is 0.902 bits per heavy atom. The molecule has 0 saturated heterocycles. The van der Waals surface area contributed by atoms with Crippen molar-refractivity contribution in [3.05, 3.63) is 101 Å². The molecule has 10 nitrogen and oxygen atoms in total. The molecule has 4 rings (SSSR count). The van der Waals surface area contributed by atoms with E-state index < -0.39 is 6.03 Å². The summed E-state index contributed by atoms with van der Waals surface area (Å²) in [7, 11) is 2.89. The van der Waals surface area contributed by atoms with Gasteiger partial charge in [-0.05, 0) is 23.8 Å². The fourth-order valence-electron chi connectivity index (χ4n) is 3.78. The Hall–Kier alpha value is -4.80. The van der Waals surface area contributed by atoms with Crippen LogP contribution in [0.5, 0.6) is 11.5 Å². The molecular weight excluding hydrogens is 567 g/mol. The summed E-state index contributed by atoms with van der Waals surface area (Å²) in [6, 6.07) is 19.0. The molecule has 210 valence electrons. The van der Waals surface area contributed by atoms with Gasteiger partial charge in [-0.25, -0.2) is 14.8 Å². The number of nitrogens with zero attached hydrogens (tertiary/aromatic N) is 3. The van der Waals surface area contributed by atoms with Gasteiger partial charge in [0.05, 0.1) is 37.8 Å². The Kier molecular flexibility index (Phi) is 9.62. The number of benzene rings is 3. The maximum atomic E-state index is 13.8. The summed E-state index contributed by atoms with van der Waals surface area (Å²) < 4.78 is 10.6. The van der Waals surface area contributed by atoms with Crippen LogP contribution in [-0.2, 0) is 11.3 Å². The van der Waals surface area contributed by atoms with Gasteiger partial charge < -0.3 is 25.4 Å². The number of halogens is 2. The van der Waals surface area contributed by atoms with Gasteiger partial charge in [-0.3, -0.25) is 9.69 Å². The fraction of sp³-hybridized carbons (Fsp3) is 0.103.